The summed E-state index contributed by atoms with van der Waals surface area (Å²) in [5.74, 6) is -2.74. The smallest absolute Gasteiger partial charge is 0.186 e. The molecule has 1 atom stereocenters. The van der Waals surface area contributed by atoms with Crippen LogP contribution in [0.3, 0.4) is 0 Å². The minimum atomic E-state index is -4.05. The van der Waals surface area contributed by atoms with Crippen LogP contribution in [-0.4, -0.2) is 26.9 Å². The van der Waals surface area contributed by atoms with Gasteiger partial charge in [-0.15, -0.1) is 0 Å². The van der Waals surface area contributed by atoms with E-state index in [2.05, 4.69) is 0 Å². The lowest BCUT2D eigenvalue weighted by atomic mass is 10.3. The predicted octanol–water partition coefficient (Wildman–Crippen LogP) is 1.50. The molecule has 0 aliphatic carbocycles. The fourth-order valence-electron chi connectivity index (χ4n) is 1.98. The summed E-state index contributed by atoms with van der Waals surface area (Å²) in [5.41, 5.74) is 5.08. The topological polar surface area (TPSA) is 69.4 Å². The van der Waals surface area contributed by atoms with Crippen LogP contribution in [0.25, 0.3) is 0 Å². The highest BCUT2D eigenvalue weighted by molar-refractivity contribution is 7.91. The highest BCUT2D eigenvalue weighted by Gasteiger charge is 2.29. The highest BCUT2D eigenvalue weighted by atomic mass is 32.2. The van der Waals surface area contributed by atoms with E-state index in [-0.39, 0.29) is 5.69 Å². The van der Waals surface area contributed by atoms with Gasteiger partial charge in [0, 0.05) is 12.3 Å². The van der Waals surface area contributed by atoms with Crippen molar-refractivity contribution in [3.63, 3.8) is 0 Å². The van der Waals surface area contributed by atoms with E-state index in [1.165, 1.54) is 0 Å². The number of hydrogen-bond donors (Lipinski definition) is 1. The summed E-state index contributed by atoms with van der Waals surface area (Å²) in [6, 6.07) is 1.59. The molecule has 0 aromatic heterocycles. The first-order chi connectivity index (χ1) is 8.40. The zero-order chi connectivity index (χ0) is 13.3. The Kier molecular flexibility index (Phi) is 3.54. The van der Waals surface area contributed by atoms with Crippen LogP contribution in [0.4, 0.5) is 14.5 Å². The van der Waals surface area contributed by atoms with E-state index in [0.29, 0.717) is 13.0 Å². The number of sulfone groups is 1. The number of anilines is 1. The van der Waals surface area contributed by atoms with Gasteiger partial charge in [-0.2, -0.15) is 0 Å². The van der Waals surface area contributed by atoms with Crippen molar-refractivity contribution in [2.75, 3.05) is 18.1 Å². The Labute approximate surface area is 104 Å². The molecule has 0 bridgehead atoms. The number of rotatable bonds is 3. The van der Waals surface area contributed by atoms with E-state index in [0.717, 1.165) is 18.6 Å². The van der Waals surface area contributed by atoms with Crippen molar-refractivity contribution >= 4 is 15.5 Å². The van der Waals surface area contributed by atoms with E-state index in [4.69, 9.17) is 10.5 Å². The lowest BCUT2D eigenvalue weighted by Crippen LogP contribution is -2.22. The third-order valence-corrected chi connectivity index (χ3v) is 4.58. The van der Waals surface area contributed by atoms with Crippen molar-refractivity contribution in [2.45, 2.75) is 23.8 Å². The van der Waals surface area contributed by atoms with Crippen molar-refractivity contribution in [3.05, 3.63) is 23.8 Å². The number of hydrogen-bond acceptors (Lipinski definition) is 4. The quantitative estimate of drug-likeness (QED) is 0.850. The molecule has 1 aliphatic rings. The molecule has 1 aromatic carbocycles. The Hall–Kier alpha value is -1.21. The van der Waals surface area contributed by atoms with Gasteiger partial charge < -0.3 is 10.5 Å². The second-order valence-corrected chi connectivity index (χ2v) is 6.20. The summed E-state index contributed by atoms with van der Waals surface area (Å²) in [4.78, 5) is -0.924. The van der Waals surface area contributed by atoms with E-state index >= 15 is 0 Å². The van der Waals surface area contributed by atoms with Crippen LogP contribution < -0.4 is 5.73 Å². The molecule has 2 N–H and O–H groups in total. The third-order valence-electron chi connectivity index (χ3n) is 2.76. The molecule has 0 radical (unpaired) electrons. The van der Waals surface area contributed by atoms with Crippen LogP contribution in [0, 0.1) is 11.6 Å². The van der Waals surface area contributed by atoms with Crippen LogP contribution in [-0.2, 0) is 14.6 Å². The number of benzene rings is 1. The molecular formula is C11H13F2NO3S. The number of ether oxygens (including phenoxy) is 1. The van der Waals surface area contributed by atoms with Crippen molar-refractivity contribution < 1.29 is 21.9 Å². The molecule has 1 aromatic rings. The molecule has 1 heterocycles. The van der Waals surface area contributed by atoms with Crippen LogP contribution in [0.1, 0.15) is 12.8 Å². The second-order valence-electron chi connectivity index (χ2n) is 4.23. The molecule has 100 valence electrons. The van der Waals surface area contributed by atoms with E-state index in [1.54, 1.807) is 0 Å². The molecule has 7 heteroatoms. The molecule has 18 heavy (non-hydrogen) atoms. The lowest BCUT2D eigenvalue weighted by Gasteiger charge is -2.11. The van der Waals surface area contributed by atoms with Crippen LogP contribution >= 0.6 is 0 Å². The molecule has 0 saturated carbocycles. The Morgan fingerprint density at radius 2 is 1.94 bits per heavy atom. The first kappa shape index (κ1) is 13.2. The Bertz CT molecular complexity index is 530. The van der Waals surface area contributed by atoms with Crippen LogP contribution in [0.5, 0.6) is 0 Å². The molecule has 1 unspecified atom stereocenters. The van der Waals surface area contributed by atoms with Crippen molar-refractivity contribution in [2.24, 2.45) is 0 Å². The Morgan fingerprint density at radius 1 is 1.33 bits per heavy atom. The van der Waals surface area contributed by atoms with Gasteiger partial charge in [0.1, 0.15) is 16.5 Å². The van der Waals surface area contributed by atoms with Crippen molar-refractivity contribution in [1.82, 2.24) is 0 Å². The monoisotopic (exact) mass is 277 g/mol. The van der Waals surface area contributed by atoms with Gasteiger partial charge >= 0.3 is 0 Å². The first-order valence-electron chi connectivity index (χ1n) is 5.49. The fraction of sp³-hybridized carbons (Fsp3) is 0.455. The second kappa shape index (κ2) is 4.81. The van der Waals surface area contributed by atoms with Gasteiger partial charge in [-0.1, -0.05) is 0 Å². The van der Waals surface area contributed by atoms with E-state index in [1.807, 2.05) is 0 Å². The number of nitrogens with two attached hydrogens (primary N) is 1. The molecule has 1 saturated heterocycles. The minimum absolute atomic E-state index is 0.152. The van der Waals surface area contributed by atoms with Gasteiger partial charge in [0.15, 0.2) is 9.84 Å². The average Bonchev–Trinajstić information content (AvgIpc) is 2.66. The van der Waals surface area contributed by atoms with E-state index < -0.39 is 38.2 Å². The molecule has 0 amide bonds. The molecule has 1 aliphatic heterocycles. The van der Waals surface area contributed by atoms with Gasteiger partial charge in [-0.05, 0) is 25.0 Å². The van der Waals surface area contributed by atoms with Gasteiger partial charge in [0.05, 0.1) is 11.9 Å². The fourth-order valence-corrected chi connectivity index (χ4v) is 3.61. The number of nitrogen functional groups attached to an aromatic ring is 1. The maximum atomic E-state index is 13.5. The molecular weight excluding hydrogens is 264 g/mol. The molecule has 1 fully saturated rings. The lowest BCUT2D eigenvalue weighted by molar-refractivity contribution is 0.127. The standard InChI is InChI=1S/C11H13F2NO3S/c12-9-4-7(14)5-10(13)11(9)18(15,16)6-8-2-1-3-17-8/h4-5,8H,1-3,6,14H2. The highest BCUT2D eigenvalue weighted by Crippen LogP contribution is 2.25. The maximum absolute atomic E-state index is 13.5. The van der Waals surface area contributed by atoms with Gasteiger partial charge in [0.25, 0.3) is 0 Å². The normalized spacial score (nSPS) is 20.2. The van der Waals surface area contributed by atoms with Gasteiger partial charge in [-0.3, -0.25) is 0 Å². The molecule has 4 nitrogen and oxygen atoms in total. The Morgan fingerprint density at radius 3 is 2.44 bits per heavy atom. The van der Waals surface area contributed by atoms with Crippen molar-refractivity contribution in [1.29, 1.82) is 0 Å². The summed E-state index contributed by atoms with van der Waals surface area (Å²) in [5, 5.41) is 0. The SMILES string of the molecule is Nc1cc(F)c(S(=O)(=O)CC2CCCO2)c(F)c1. The summed E-state index contributed by atoms with van der Waals surface area (Å²) in [7, 11) is -4.05. The zero-order valence-corrected chi connectivity index (χ0v) is 10.3. The summed E-state index contributed by atoms with van der Waals surface area (Å²) in [6.45, 7) is 0.479. The van der Waals surface area contributed by atoms with Crippen molar-refractivity contribution in [3.8, 4) is 0 Å². The first-order valence-corrected chi connectivity index (χ1v) is 7.14. The number of halogens is 2. The van der Waals surface area contributed by atoms with E-state index in [9.17, 15) is 17.2 Å². The maximum Gasteiger partial charge on any atom is 0.186 e. The largest absolute Gasteiger partial charge is 0.399 e. The molecule has 2 rings (SSSR count). The summed E-state index contributed by atoms with van der Waals surface area (Å²) >= 11 is 0. The Balaban J connectivity index is 2.34. The molecule has 0 spiro atoms. The zero-order valence-electron chi connectivity index (χ0n) is 9.53. The van der Waals surface area contributed by atoms with Crippen LogP contribution in [0.15, 0.2) is 17.0 Å². The predicted molar refractivity (Wildman–Crippen MR) is 61.8 cm³/mol. The summed E-state index contributed by atoms with van der Waals surface area (Å²) in [6.07, 6.45) is 0.844. The average molecular weight is 277 g/mol. The van der Waals surface area contributed by atoms with Gasteiger partial charge in [0.2, 0.25) is 0 Å². The summed E-state index contributed by atoms with van der Waals surface area (Å²) < 4.78 is 56.1. The minimum Gasteiger partial charge on any atom is -0.399 e. The van der Waals surface area contributed by atoms with Crippen LogP contribution in [0.2, 0.25) is 0 Å². The van der Waals surface area contributed by atoms with Gasteiger partial charge in [-0.25, -0.2) is 17.2 Å². The third kappa shape index (κ3) is 2.62.